The van der Waals surface area contributed by atoms with Gasteiger partial charge in [0, 0.05) is 23.9 Å². The molecule has 1 N–H and O–H groups in total. The summed E-state index contributed by atoms with van der Waals surface area (Å²) >= 11 is 5.85. The van der Waals surface area contributed by atoms with E-state index in [0.717, 1.165) is 11.3 Å². The molecule has 0 bridgehead atoms. The third-order valence-electron chi connectivity index (χ3n) is 3.27. The summed E-state index contributed by atoms with van der Waals surface area (Å²) in [4.78, 5) is 4.37. The first-order valence-corrected chi connectivity index (χ1v) is 6.54. The molecule has 2 atom stereocenters. The predicted molar refractivity (Wildman–Crippen MR) is 75.9 cm³/mol. The van der Waals surface area contributed by atoms with Gasteiger partial charge in [-0.15, -0.1) is 0 Å². The minimum Gasteiger partial charge on any atom is -0.312 e. The van der Waals surface area contributed by atoms with Crippen LogP contribution in [-0.4, -0.2) is 12.0 Å². The first-order chi connectivity index (χ1) is 9.13. The largest absolute Gasteiger partial charge is 0.312 e. The Labute approximate surface area is 117 Å². The fourth-order valence-corrected chi connectivity index (χ4v) is 2.42. The second-order valence-electron chi connectivity index (χ2n) is 4.48. The van der Waals surface area contributed by atoms with Gasteiger partial charge in [-0.3, -0.25) is 4.98 Å². The Kier molecular flexibility index (Phi) is 4.51. The van der Waals surface area contributed by atoms with Crippen molar-refractivity contribution in [2.75, 3.05) is 7.05 Å². The fourth-order valence-electron chi connectivity index (χ4n) is 2.23. The van der Waals surface area contributed by atoms with Crippen LogP contribution in [0.25, 0.3) is 0 Å². The van der Waals surface area contributed by atoms with E-state index in [1.807, 2.05) is 25.2 Å². The van der Waals surface area contributed by atoms with Gasteiger partial charge in [-0.1, -0.05) is 30.7 Å². The molecule has 2 aromatic rings. The predicted octanol–water partition coefficient (Wildman–Crippen LogP) is 3.94. The van der Waals surface area contributed by atoms with Crippen LogP contribution in [0.2, 0.25) is 5.02 Å². The van der Waals surface area contributed by atoms with Crippen LogP contribution in [0.15, 0.2) is 42.6 Å². The number of rotatable bonds is 4. The minimum absolute atomic E-state index is 0.0352. The molecular formula is C15H16ClFN2. The van der Waals surface area contributed by atoms with E-state index in [1.54, 1.807) is 18.3 Å². The molecule has 0 amide bonds. The molecule has 2 unspecified atom stereocenters. The molecule has 0 saturated carbocycles. The molecule has 1 heterocycles. The number of nitrogens with zero attached hydrogens (tertiary/aromatic N) is 1. The lowest BCUT2D eigenvalue weighted by Gasteiger charge is -2.24. The van der Waals surface area contributed by atoms with Crippen LogP contribution in [0.3, 0.4) is 0 Å². The molecule has 100 valence electrons. The quantitative estimate of drug-likeness (QED) is 0.916. The number of likely N-dealkylation sites (N-methyl/N-ethyl adjacent to an activating group) is 1. The highest BCUT2D eigenvalue weighted by molar-refractivity contribution is 6.30. The van der Waals surface area contributed by atoms with Gasteiger partial charge in [-0.05, 0) is 36.9 Å². The van der Waals surface area contributed by atoms with E-state index in [1.165, 1.54) is 6.07 Å². The van der Waals surface area contributed by atoms with Crippen molar-refractivity contribution in [2.24, 2.45) is 0 Å². The maximum Gasteiger partial charge on any atom is 0.141 e. The lowest BCUT2D eigenvalue weighted by molar-refractivity contribution is 0.498. The molecule has 0 aliphatic rings. The molecule has 0 aliphatic heterocycles. The number of nitrogens with one attached hydrogen (secondary N) is 1. The van der Waals surface area contributed by atoms with Gasteiger partial charge in [0.25, 0.3) is 0 Å². The number of benzene rings is 1. The molecule has 2 nitrogen and oxygen atoms in total. The highest BCUT2D eigenvalue weighted by Gasteiger charge is 2.20. The zero-order valence-corrected chi connectivity index (χ0v) is 11.7. The molecule has 0 spiro atoms. The summed E-state index contributed by atoms with van der Waals surface area (Å²) in [5.41, 5.74) is 1.94. The Balaban J connectivity index is 2.31. The summed E-state index contributed by atoms with van der Waals surface area (Å²) < 4.78 is 13.2. The monoisotopic (exact) mass is 278 g/mol. The third-order valence-corrected chi connectivity index (χ3v) is 3.56. The van der Waals surface area contributed by atoms with Gasteiger partial charge in [-0.2, -0.15) is 0 Å². The number of pyridine rings is 1. The van der Waals surface area contributed by atoms with Crippen molar-refractivity contribution in [3.05, 3.63) is 64.7 Å². The molecule has 0 aliphatic carbocycles. The Morgan fingerprint density at radius 1 is 1.26 bits per heavy atom. The second kappa shape index (κ2) is 6.13. The maximum absolute atomic E-state index is 13.2. The topological polar surface area (TPSA) is 24.9 Å². The summed E-state index contributed by atoms with van der Waals surface area (Å²) in [5, 5.41) is 3.39. The fraction of sp³-hybridized carbons (Fsp3) is 0.267. The molecule has 0 fully saturated rings. The van der Waals surface area contributed by atoms with Crippen molar-refractivity contribution in [3.8, 4) is 0 Å². The normalized spacial score (nSPS) is 14.1. The van der Waals surface area contributed by atoms with Gasteiger partial charge >= 0.3 is 0 Å². The van der Waals surface area contributed by atoms with Crippen molar-refractivity contribution in [3.63, 3.8) is 0 Å². The van der Waals surface area contributed by atoms with Crippen molar-refractivity contribution >= 4 is 11.6 Å². The molecule has 1 aromatic carbocycles. The van der Waals surface area contributed by atoms with Crippen LogP contribution in [0.4, 0.5) is 4.39 Å². The molecule has 4 heteroatoms. The van der Waals surface area contributed by atoms with Crippen molar-refractivity contribution < 1.29 is 4.39 Å². The minimum atomic E-state index is -0.397. The van der Waals surface area contributed by atoms with Crippen LogP contribution in [0, 0.1) is 5.82 Å². The Bertz CT molecular complexity index is 545. The Hall–Kier alpha value is -1.45. The van der Waals surface area contributed by atoms with Gasteiger partial charge in [-0.25, -0.2) is 4.39 Å². The maximum atomic E-state index is 13.2. The zero-order chi connectivity index (χ0) is 13.8. The Morgan fingerprint density at radius 3 is 2.63 bits per heavy atom. The van der Waals surface area contributed by atoms with Crippen molar-refractivity contribution in [2.45, 2.75) is 18.9 Å². The number of halogens is 2. The smallest absolute Gasteiger partial charge is 0.141 e. The number of hydrogen-bond donors (Lipinski definition) is 1. The summed E-state index contributed by atoms with van der Waals surface area (Å²) in [6.07, 6.45) is 1.77. The van der Waals surface area contributed by atoms with Gasteiger partial charge in [0.2, 0.25) is 0 Å². The van der Waals surface area contributed by atoms with Crippen molar-refractivity contribution in [1.82, 2.24) is 10.3 Å². The van der Waals surface area contributed by atoms with Crippen LogP contribution in [0.1, 0.15) is 30.1 Å². The Morgan fingerprint density at radius 2 is 2.05 bits per heavy atom. The zero-order valence-electron chi connectivity index (χ0n) is 10.9. The number of aromatic nitrogens is 1. The lowest BCUT2D eigenvalue weighted by atomic mass is 9.91. The highest BCUT2D eigenvalue weighted by Crippen LogP contribution is 2.31. The van der Waals surface area contributed by atoms with Crippen molar-refractivity contribution in [1.29, 1.82) is 0 Å². The standard InChI is InChI=1S/C15H16ClFN2/c1-10(14-5-3-4-8-19-14)15(18-2)11-6-7-13(17)12(16)9-11/h3-10,15,18H,1-2H3. The van der Waals surface area contributed by atoms with Gasteiger partial charge in [0.15, 0.2) is 0 Å². The molecule has 1 aromatic heterocycles. The average molecular weight is 279 g/mol. The van der Waals surface area contributed by atoms with Gasteiger partial charge < -0.3 is 5.32 Å². The van der Waals surface area contributed by atoms with Crippen LogP contribution >= 0.6 is 11.6 Å². The van der Waals surface area contributed by atoms with E-state index in [-0.39, 0.29) is 17.0 Å². The van der Waals surface area contributed by atoms with E-state index < -0.39 is 5.82 Å². The van der Waals surface area contributed by atoms with E-state index in [0.29, 0.717) is 0 Å². The van der Waals surface area contributed by atoms with E-state index in [9.17, 15) is 4.39 Å². The molecule has 19 heavy (non-hydrogen) atoms. The first-order valence-electron chi connectivity index (χ1n) is 6.16. The first kappa shape index (κ1) is 14.0. The lowest BCUT2D eigenvalue weighted by Crippen LogP contribution is -2.22. The van der Waals surface area contributed by atoms with E-state index >= 15 is 0 Å². The summed E-state index contributed by atoms with van der Waals surface area (Å²) in [6, 6.07) is 10.7. The van der Waals surface area contributed by atoms with Gasteiger partial charge in [0.05, 0.1) is 5.02 Å². The summed E-state index contributed by atoms with van der Waals surface area (Å²) in [7, 11) is 1.88. The third kappa shape index (κ3) is 3.11. The summed E-state index contributed by atoms with van der Waals surface area (Å²) in [5.74, 6) is -0.238. The van der Waals surface area contributed by atoms with Crippen LogP contribution in [0.5, 0.6) is 0 Å². The molecular weight excluding hydrogens is 263 g/mol. The summed E-state index contributed by atoms with van der Waals surface area (Å²) in [6.45, 7) is 2.08. The van der Waals surface area contributed by atoms with E-state index in [4.69, 9.17) is 11.6 Å². The SMILES string of the molecule is CNC(c1ccc(F)c(Cl)c1)C(C)c1ccccn1. The van der Waals surface area contributed by atoms with Crippen LogP contribution < -0.4 is 5.32 Å². The molecule has 0 saturated heterocycles. The molecule has 2 rings (SSSR count). The van der Waals surface area contributed by atoms with Crippen LogP contribution in [-0.2, 0) is 0 Å². The highest BCUT2D eigenvalue weighted by atomic mass is 35.5. The van der Waals surface area contributed by atoms with E-state index in [2.05, 4.69) is 17.2 Å². The molecule has 0 radical (unpaired) electrons. The van der Waals surface area contributed by atoms with Gasteiger partial charge in [0.1, 0.15) is 5.82 Å². The average Bonchev–Trinajstić information content (AvgIpc) is 2.44. The number of hydrogen-bond acceptors (Lipinski definition) is 2. The second-order valence-corrected chi connectivity index (χ2v) is 4.89.